The lowest BCUT2D eigenvalue weighted by Crippen LogP contribution is -2.43. The molecule has 0 saturated heterocycles. The van der Waals surface area contributed by atoms with Gasteiger partial charge in [-0.2, -0.15) is 0 Å². The summed E-state index contributed by atoms with van der Waals surface area (Å²) in [5.74, 6) is -1.36. The highest BCUT2D eigenvalue weighted by Gasteiger charge is 2.32. The van der Waals surface area contributed by atoms with Gasteiger partial charge in [0.05, 0.1) is 0 Å². The maximum absolute atomic E-state index is 12.5. The molecule has 1 amide bonds. The molecule has 1 fully saturated rings. The molecule has 1 unspecified atom stereocenters. The summed E-state index contributed by atoms with van der Waals surface area (Å²) in [6.07, 6.45) is -2.12. The second kappa shape index (κ2) is 6.45. The lowest BCUT2D eigenvalue weighted by atomic mass is 10.1. The standard InChI is InChI=1S/C14H15F2NO3/c15-12(16)8-11(14(19)20-10-6-7-10)17-13(18)9-4-2-1-3-5-9/h1-5,10-12H,6-8H2,(H,17,18). The van der Waals surface area contributed by atoms with Crippen LogP contribution in [-0.4, -0.2) is 30.4 Å². The van der Waals surface area contributed by atoms with Gasteiger partial charge in [-0.05, 0) is 25.0 Å². The first kappa shape index (κ1) is 14.4. The second-order valence-electron chi connectivity index (χ2n) is 4.66. The molecule has 20 heavy (non-hydrogen) atoms. The molecule has 0 heterocycles. The zero-order valence-electron chi connectivity index (χ0n) is 10.7. The second-order valence-corrected chi connectivity index (χ2v) is 4.66. The van der Waals surface area contributed by atoms with E-state index in [0.717, 1.165) is 12.8 Å². The average molecular weight is 283 g/mol. The van der Waals surface area contributed by atoms with E-state index in [9.17, 15) is 18.4 Å². The third kappa shape index (κ3) is 4.29. The summed E-state index contributed by atoms with van der Waals surface area (Å²) in [4.78, 5) is 23.6. The fraction of sp³-hybridized carbons (Fsp3) is 0.429. The Bertz CT molecular complexity index is 475. The van der Waals surface area contributed by atoms with Gasteiger partial charge < -0.3 is 10.1 Å². The summed E-state index contributed by atoms with van der Waals surface area (Å²) in [5.41, 5.74) is 0.311. The van der Waals surface area contributed by atoms with Crippen molar-refractivity contribution in [2.75, 3.05) is 0 Å². The maximum atomic E-state index is 12.5. The van der Waals surface area contributed by atoms with Crippen molar-refractivity contribution in [3.63, 3.8) is 0 Å². The average Bonchev–Trinajstić information content (AvgIpc) is 3.22. The third-order valence-electron chi connectivity index (χ3n) is 2.85. The fourth-order valence-corrected chi connectivity index (χ4v) is 1.66. The Balaban J connectivity index is 1.98. The van der Waals surface area contributed by atoms with Crippen LogP contribution in [0.3, 0.4) is 0 Å². The molecule has 2 rings (SSSR count). The van der Waals surface area contributed by atoms with Crippen LogP contribution < -0.4 is 5.32 Å². The van der Waals surface area contributed by atoms with E-state index in [4.69, 9.17) is 4.74 Å². The van der Waals surface area contributed by atoms with Crippen LogP contribution in [0, 0.1) is 0 Å². The van der Waals surface area contributed by atoms with Gasteiger partial charge in [0.1, 0.15) is 12.1 Å². The number of benzene rings is 1. The van der Waals surface area contributed by atoms with Crippen LogP contribution in [0.25, 0.3) is 0 Å². The van der Waals surface area contributed by atoms with Crippen LogP contribution in [0.1, 0.15) is 29.6 Å². The molecule has 0 aliphatic heterocycles. The molecule has 0 radical (unpaired) electrons. The molecule has 6 heteroatoms. The van der Waals surface area contributed by atoms with Gasteiger partial charge >= 0.3 is 5.97 Å². The van der Waals surface area contributed by atoms with Gasteiger partial charge in [-0.3, -0.25) is 4.79 Å². The first-order valence-corrected chi connectivity index (χ1v) is 6.41. The normalized spacial score (nSPS) is 15.8. The summed E-state index contributed by atoms with van der Waals surface area (Å²) in [7, 11) is 0. The van der Waals surface area contributed by atoms with Gasteiger partial charge in [-0.1, -0.05) is 18.2 Å². The number of carbonyl (C=O) groups excluding carboxylic acids is 2. The van der Waals surface area contributed by atoms with Crippen molar-refractivity contribution >= 4 is 11.9 Å². The maximum Gasteiger partial charge on any atom is 0.329 e. The van der Waals surface area contributed by atoms with Gasteiger partial charge in [0.25, 0.3) is 5.91 Å². The zero-order valence-corrected chi connectivity index (χ0v) is 10.7. The number of carbonyl (C=O) groups is 2. The summed E-state index contributed by atoms with van der Waals surface area (Å²) in [6, 6.07) is 6.80. The van der Waals surface area contributed by atoms with Gasteiger partial charge in [0.2, 0.25) is 6.43 Å². The van der Waals surface area contributed by atoms with Gasteiger partial charge in [0, 0.05) is 12.0 Å². The molecule has 0 bridgehead atoms. The molecule has 1 aromatic rings. The predicted octanol–water partition coefficient (Wildman–Crippen LogP) is 2.15. The Morgan fingerprint density at radius 3 is 2.45 bits per heavy atom. The minimum Gasteiger partial charge on any atom is -0.461 e. The molecular weight excluding hydrogens is 268 g/mol. The number of amides is 1. The van der Waals surface area contributed by atoms with Crippen LogP contribution in [0.15, 0.2) is 30.3 Å². The summed E-state index contributed by atoms with van der Waals surface area (Å²) in [6.45, 7) is 0. The van der Waals surface area contributed by atoms with Crippen molar-refractivity contribution in [2.45, 2.75) is 37.8 Å². The number of halogens is 2. The van der Waals surface area contributed by atoms with E-state index >= 15 is 0 Å². The number of hydrogen-bond acceptors (Lipinski definition) is 3. The van der Waals surface area contributed by atoms with Crippen molar-refractivity contribution in [1.82, 2.24) is 5.32 Å². The monoisotopic (exact) mass is 283 g/mol. The third-order valence-corrected chi connectivity index (χ3v) is 2.85. The summed E-state index contributed by atoms with van der Waals surface area (Å²) < 4.78 is 30.0. The minimum absolute atomic E-state index is 0.184. The van der Waals surface area contributed by atoms with Crippen LogP contribution >= 0.6 is 0 Å². The topological polar surface area (TPSA) is 55.4 Å². The Kier molecular flexibility index (Phi) is 4.65. The summed E-state index contributed by atoms with van der Waals surface area (Å²) >= 11 is 0. The van der Waals surface area contributed by atoms with E-state index in [2.05, 4.69) is 5.32 Å². The Morgan fingerprint density at radius 1 is 1.25 bits per heavy atom. The molecule has 108 valence electrons. The smallest absolute Gasteiger partial charge is 0.329 e. The van der Waals surface area contributed by atoms with E-state index < -0.39 is 30.8 Å². The van der Waals surface area contributed by atoms with Crippen molar-refractivity contribution in [3.8, 4) is 0 Å². The number of esters is 1. The van der Waals surface area contributed by atoms with Crippen molar-refractivity contribution in [1.29, 1.82) is 0 Å². The molecular formula is C14H15F2NO3. The quantitative estimate of drug-likeness (QED) is 0.814. The Morgan fingerprint density at radius 2 is 1.90 bits per heavy atom. The van der Waals surface area contributed by atoms with E-state index in [1.807, 2.05) is 0 Å². The van der Waals surface area contributed by atoms with Crippen LogP contribution in [0.4, 0.5) is 8.78 Å². The van der Waals surface area contributed by atoms with Crippen LogP contribution in [-0.2, 0) is 9.53 Å². The van der Waals surface area contributed by atoms with E-state index in [0.29, 0.717) is 5.56 Å². The van der Waals surface area contributed by atoms with Crippen molar-refractivity contribution in [3.05, 3.63) is 35.9 Å². The number of alkyl halides is 2. The highest BCUT2D eigenvalue weighted by Crippen LogP contribution is 2.24. The number of hydrogen-bond donors (Lipinski definition) is 1. The Labute approximate surface area is 115 Å². The first-order chi connectivity index (χ1) is 9.56. The highest BCUT2D eigenvalue weighted by atomic mass is 19.3. The highest BCUT2D eigenvalue weighted by molar-refractivity contribution is 5.96. The van der Waals surface area contributed by atoms with Crippen LogP contribution in [0.2, 0.25) is 0 Å². The van der Waals surface area contributed by atoms with Gasteiger partial charge in [-0.25, -0.2) is 13.6 Å². The minimum atomic E-state index is -2.69. The molecule has 0 spiro atoms. The predicted molar refractivity (Wildman–Crippen MR) is 67.4 cm³/mol. The van der Waals surface area contributed by atoms with Gasteiger partial charge in [0.15, 0.2) is 0 Å². The van der Waals surface area contributed by atoms with Crippen molar-refractivity contribution < 1.29 is 23.1 Å². The zero-order chi connectivity index (χ0) is 14.5. The number of nitrogens with one attached hydrogen (secondary N) is 1. The molecule has 0 aromatic heterocycles. The molecule has 1 atom stereocenters. The fourth-order valence-electron chi connectivity index (χ4n) is 1.66. The molecule has 4 nitrogen and oxygen atoms in total. The molecule has 1 saturated carbocycles. The van der Waals surface area contributed by atoms with E-state index in [-0.39, 0.29) is 6.10 Å². The molecule has 1 aromatic carbocycles. The van der Waals surface area contributed by atoms with Crippen LogP contribution in [0.5, 0.6) is 0 Å². The number of ether oxygens (including phenoxy) is 1. The summed E-state index contributed by atoms with van der Waals surface area (Å²) in [5, 5.41) is 2.30. The number of rotatable bonds is 6. The van der Waals surface area contributed by atoms with Crippen molar-refractivity contribution in [2.24, 2.45) is 0 Å². The first-order valence-electron chi connectivity index (χ1n) is 6.41. The molecule has 1 N–H and O–H groups in total. The SMILES string of the molecule is O=C(NC(CC(F)F)C(=O)OC1CC1)c1ccccc1. The van der Waals surface area contributed by atoms with E-state index in [1.165, 1.54) is 0 Å². The lowest BCUT2D eigenvalue weighted by Gasteiger charge is -2.17. The molecule has 1 aliphatic carbocycles. The van der Waals surface area contributed by atoms with Gasteiger partial charge in [-0.15, -0.1) is 0 Å². The van der Waals surface area contributed by atoms with E-state index in [1.54, 1.807) is 30.3 Å². The molecule has 1 aliphatic rings. The lowest BCUT2D eigenvalue weighted by molar-refractivity contribution is -0.148. The largest absolute Gasteiger partial charge is 0.461 e. The Hall–Kier alpha value is -1.98.